The lowest BCUT2D eigenvalue weighted by Crippen LogP contribution is -2.29. The van der Waals surface area contributed by atoms with Crippen LogP contribution in [0.4, 0.5) is 5.69 Å². The van der Waals surface area contributed by atoms with Crippen LogP contribution in [0.15, 0.2) is 60.9 Å². The van der Waals surface area contributed by atoms with Gasteiger partial charge in [0.2, 0.25) is 0 Å². The Balaban J connectivity index is 1.45. The number of carbonyl (C=O) groups is 1. The fourth-order valence-corrected chi connectivity index (χ4v) is 4.93. The van der Waals surface area contributed by atoms with Gasteiger partial charge in [-0.15, -0.1) is 0 Å². The van der Waals surface area contributed by atoms with Crippen LogP contribution in [-0.2, 0) is 0 Å². The topological polar surface area (TPSA) is 55.5 Å². The molecule has 0 radical (unpaired) electrons. The Labute approximate surface area is 207 Å². The molecule has 3 heterocycles. The van der Waals surface area contributed by atoms with Gasteiger partial charge < -0.3 is 19.7 Å². The monoisotopic (exact) mass is 467 g/mol. The first kappa shape index (κ1) is 23.1. The van der Waals surface area contributed by atoms with Gasteiger partial charge in [-0.25, -0.2) is 4.98 Å². The molecule has 0 saturated carbocycles. The number of likely N-dealkylation sites (N-methyl/N-ethyl adjacent to an activating group) is 1. The number of nitrogens with zero attached hydrogens (tertiary/aromatic N) is 4. The van der Waals surface area contributed by atoms with Crippen LogP contribution in [-0.4, -0.2) is 73.0 Å². The molecule has 6 nitrogen and oxygen atoms in total. The zero-order valence-electron chi connectivity index (χ0n) is 21.0. The lowest BCUT2D eigenvalue weighted by atomic mass is 9.99. The first-order valence-electron chi connectivity index (χ1n) is 12.2. The summed E-state index contributed by atoms with van der Waals surface area (Å²) < 4.78 is 0. The van der Waals surface area contributed by atoms with Crippen LogP contribution >= 0.6 is 0 Å². The standard InChI is InChI=1S/C29H33N5O/c1-20-16-23(10-11-27(20)34-13-5-12-33(4)14-15-34)24-17-25-26(19-31-28(25)30-18-24)21-6-8-22(9-7-21)29(35)32(2)3/h6-11,16-19H,5,12-15H2,1-4H3,(H,30,31). The van der Waals surface area contributed by atoms with Crippen LogP contribution in [0.25, 0.3) is 33.3 Å². The molecule has 1 aliphatic heterocycles. The number of fused-ring (bicyclic) bond motifs is 1. The molecule has 0 unspecified atom stereocenters. The van der Waals surface area contributed by atoms with E-state index >= 15 is 0 Å². The highest BCUT2D eigenvalue weighted by Gasteiger charge is 2.16. The Bertz CT molecular complexity index is 1360. The van der Waals surface area contributed by atoms with Crippen molar-refractivity contribution in [2.45, 2.75) is 13.3 Å². The van der Waals surface area contributed by atoms with E-state index in [1.807, 2.05) is 36.7 Å². The highest BCUT2D eigenvalue weighted by molar-refractivity contribution is 5.98. The first-order valence-corrected chi connectivity index (χ1v) is 12.2. The van der Waals surface area contributed by atoms with Gasteiger partial charge in [0.05, 0.1) is 0 Å². The third-order valence-corrected chi connectivity index (χ3v) is 6.97. The van der Waals surface area contributed by atoms with Crippen molar-refractivity contribution in [3.05, 3.63) is 72.1 Å². The summed E-state index contributed by atoms with van der Waals surface area (Å²) in [6, 6.07) is 16.7. The molecule has 1 aliphatic rings. The molecular weight excluding hydrogens is 434 g/mol. The molecule has 1 N–H and O–H groups in total. The van der Waals surface area contributed by atoms with Crippen molar-refractivity contribution in [1.29, 1.82) is 0 Å². The van der Waals surface area contributed by atoms with Gasteiger partial charge in [-0.2, -0.15) is 0 Å². The molecule has 2 aromatic carbocycles. The molecule has 1 amide bonds. The second-order valence-corrected chi connectivity index (χ2v) is 9.74. The molecule has 0 spiro atoms. The average molecular weight is 468 g/mol. The molecule has 180 valence electrons. The van der Waals surface area contributed by atoms with E-state index in [1.54, 1.807) is 19.0 Å². The van der Waals surface area contributed by atoms with Crippen LogP contribution in [0, 0.1) is 6.92 Å². The predicted octanol–water partition coefficient (Wildman–Crippen LogP) is 5.05. The second kappa shape index (κ2) is 9.55. The highest BCUT2D eigenvalue weighted by atomic mass is 16.2. The molecule has 1 fully saturated rings. The van der Waals surface area contributed by atoms with Crippen LogP contribution in [0.3, 0.4) is 0 Å². The zero-order valence-corrected chi connectivity index (χ0v) is 21.0. The number of amides is 1. The quantitative estimate of drug-likeness (QED) is 0.456. The van der Waals surface area contributed by atoms with Gasteiger partial charge in [0.15, 0.2) is 0 Å². The van der Waals surface area contributed by atoms with E-state index in [1.165, 1.54) is 23.2 Å². The SMILES string of the molecule is Cc1cc(-c2cnc3[nH]cc(-c4ccc(C(=O)N(C)C)cc4)c3c2)ccc1N1CCCN(C)CC1. The molecule has 1 saturated heterocycles. The Morgan fingerprint density at radius 1 is 0.943 bits per heavy atom. The van der Waals surface area contributed by atoms with E-state index in [-0.39, 0.29) is 5.91 Å². The van der Waals surface area contributed by atoms with Crippen molar-refractivity contribution in [2.75, 3.05) is 52.2 Å². The molecule has 35 heavy (non-hydrogen) atoms. The van der Waals surface area contributed by atoms with Crippen molar-refractivity contribution in [3.63, 3.8) is 0 Å². The average Bonchev–Trinajstić information content (AvgIpc) is 3.17. The number of aromatic nitrogens is 2. The van der Waals surface area contributed by atoms with Gasteiger partial charge in [0.1, 0.15) is 5.65 Å². The zero-order chi connectivity index (χ0) is 24.5. The summed E-state index contributed by atoms with van der Waals surface area (Å²) in [5, 5.41) is 1.08. The maximum atomic E-state index is 12.2. The van der Waals surface area contributed by atoms with E-state index in [0.29, 0.717) is 5.56 Å². The number of benzene rings is 2. The molecule has 0 atom stereocenters. The number of hydrogen-bond acceptors (Lipinski definition) is 4. The van der Waals surface area contributed by atoms with Crippen LogP contribution < -0.4 is 4.90 Å². The van der Waals surface area contributed by atoms with E-state index in [9.17, 15) is 4.79 Å². The minimum Gasteiger partial charge on any atom is -0.370 e. The third-order valence-electron chi connectivity index (χ3n) is 6.97. The summed E-state index contributed by atoms with van der Waals surface area (Å²) >= 11 is 0. The fourth-order valence-electron chi connectivity index (χ4n) is 4.93. The summed E-state index contributed by atoms with van der Waals surface area (Å²) in [5.74, 6) is 0.00504. The van der Waals surface area contributed by atoms with Gasteiger partial charge in [-0.3, -0.25) is 4.79 Å². The minimum atomic E-state index is 0.00504. The Morgan fingerprint density at radius 2 is 1.71 bits per heavy atom. The van der Waals surface area contributed by atoms with E-state index in [0.717, 1.165) is 53.9 Å². The van der Waals surface area contributed by atoms with Crippen molar-refractivity contribution in [3.8, 4) is 22.3 Å². The molecule has 5 rings (SSSR count). The van der Waals surface area contributed by atoms with Crippen molar-refractivity contribution in [1.82, 2.24) is 19.8 Å². The molecule has 4 aromatic rings. The summed E-state index contributed by atoms with van der Waals surface area (Å²) in [6.07, 6.45) is 5.13. The molecule has 0 aliphatic carbocycles. The highest BCUT2D eigenvalue weighted by Crippen LogP contribution is 2.33. The molecule has 0 bridgehead atoms. The number of pyridine rings is 1. The number of carbonyl (C=O) groups excluding carboxylic acids is 1. The number of rotatable bonds is 4. The maximum Gasteiger partial charge on any atom is 0.253 e. The summed E-state index contributed by atoms with van der Waals surface area (Å²) in [4.78, 5) is 26.8. The number of anilines is 1. The summed E-state index contributed by atoms with van der Waals surface area (Å²) in [7, 11) is 5.74. The summed E-state index contributed by atoms with van der Waals surface area (Å²) in [6.45, 7) is 6.63. The van der Waals surface area contributed by atoms with Gasteiger partial charge in [-0.05, 0) is 74.0 Å². The largest absolute Gasteiger partial charge is 0.370 e. The van der Waals surface area contributed by atoms with E-state index < -0.39 is 0 Å². The van der Waals surface area contributed by atoms with Gasteiger partial charge >= 0.3 is 0 Å². The lowest BCUT2D eigenvalue weighted by Gasteiger charge is -2.25. The van der Waals surface area contributed by atoms with Gasteiger partial charge in [-0.1, -0.05) is 18.2 Å². The number of H-pyrrole nitrogens is 1. The molecule has 2 aromatic heterocycles. The fraction of sp³-hybridized carbons (Fsp3) is 0.310. The van der Waals surface area contributed by atoms with Crippen LogP contribution in [0.1, 0.15) is 22.3 Å². The van der Waals surface area contributed by atoms with Gasteiger partial charge in [0.25, 0.3) is 5.91 Å². The smallest absolute Gasteiger partial charge is 0.253 e. The minimum absolute atomic E-state index is 0.00504. The number of nitrogens with one attached hydrogen (secondary N) is 1. The summed E-state index contributed by atoms with van der Waals surface area (Å²) in [5.41, 5.74) is 8.58. The Kier molecular flexibility index (Phi) is 6.31. The number of aromatic amines is 1. The van der Waals surface area contributed by atoms with Crippen LogP contribution in [0.5, 0.6) is 0 Å². The third kappa shape index (κ3) is 4.66. The van der Waals surface area contributed by atoms with Crippen molar-refractivity contribution in [2.24, 2.45) is 0 Å². The Morgan fingerprint density at radius 3 is 2.46 bits per heavy atom. The van der Waals surface area contributed by atoms with Crippen molar-refractivity contribution >= 4 is 22.6 Å². The van der Waals surface area contributed by atoms with Crippen LogP contribution in [0.2, 0.25) is 0 Å². The number of hydrogen-bond donors (Lipinski definition) is 1. The van der Waals surface area contributed by atoms with Gasteiger partial charge in [0, 0.05) is 73.9 Å². The first-order chi connectivity index (χ1) is 16.9. The normalized spacial score (nSPS) is 14.8. The predicted molar refractivity (Wildman–Crippen MR) is 144 cm³/mol. The molecule has 6 heteroatoms. The van der Waals surface area contributed by atoms with Crippen molar-refractivity contribution < 1.29 is 4.79 Å². The van der Waals surface area contributed by atoms with E-state index in [2.05, 4.69) is 53.0 Å². The molecular formula is C29H33N5O. The number of aryl methyl sites for hydroxylation is 1. The second-order valence-electron chi connectivity index (χ2n) is 9.74. The lowest BCUT2D eigenvalue weighted by molar-refractivity contribution is 0.0827. The Hall–Kier alpha value is -3.64. The maximum absolute atomic E-state index is 12.2. The van der Waals surface area contributed by atoms with E-state index in [4.69, 9.17) is 4.98 Å².